The molecule has 6 nitrogen and oxygen atoms in total. The first-order valence-electron chi connectivity index (χ1n) is 9.57. The van der Waals surface area contributed by atoms with Gasteiger partial charge in [0.25, 0.3) is 5.91 Å². The maximum absolute atomic E-state index is 13.3. The second-order valence-electron chi connectivity index (χ2n) is 7.49. The Balaban J connectivity index is 1.71. The van der Waals surface area contributed by atoms with Crippen LogP contribution in [0.1, 0.15) is 48.0 Å². The molecule has 0 radical (unpaired) electrons. The van der Waals surface area contributed by atoms with E-state index < -0.39 is 6.04 Å². The monoisotopic (exact) mass is 355 g/mol. The molecule has 0 N–H and O–H groups in total. The number of amides is 3. The van der Waals surface area contributed by atoms with Crippen molar-refractivity contribution < 1.29 is 14.4 Å². The molecule has 3 aliphatic rings. The van der Waals surface area contributed by atoms with Gasteiger partial charge >= 0.3 is 0 Å². The number of aryl methyl sites for hydroxylation is 1. The summed E-state index contributed by atoms with van der Waals surface area (Å²) in [6.45, 7) is 4.05. The SMILES string of the molecule is Cc1cccc2c1N(CC(=O)N1CCCCC1)C(=O)C1CCCN1C2=O. The third-order valence-corrected chi connectivity index (χ3v) is 5.80. The first-order chi connectivity index (χ1) is 12.6. The highest BCUT2D eigenvalue weighted by Crippen LogP contribution is 2.34. The van der Waals surface area contributed by atoms with Gasteiger partial charge in [-0.1, -0.05) is 12.1 Å². The number of likely N-dealkylation sites (tertiary alicyclic amines) is 1. The van der Waals surface area contributed by atoms with Crippen LogP contribution in [0.25, 0.3) is 0 Å². The Morgan fingerprint density at radius 3 is 2.62 bits per heavy atom. The number of nitrogens with zero attached hydrogens (tertiary/aromatic N) is 3. The van der Waals surface area contributed by atoms with Crippen molar-refractivity contribution in [2.24, 2.45) is 0 Å². The lowest BCUT2D eigenvalue weighted by atomic mass is 10.1. The van der Waals surface area contributed by atoms with Crippen LogP contribution >= 0.6 is 0 Å². The largest absolute Gasteiger partial charge is 0.341 e. The van der Waals surface area contributed by atoms with Crippen LogP contribution in [0.5, 0.6) is 0 Å². The van der Waals surface area contributed by atoms with Gasteiger partial charge in [0, 0.05) is 19.6 Å². The first-order valence-corrected chi connectivity index (χ1v) is 9.57. The first kappa shape index (κ1) is 17.1. The summed E-state index contributed by atoms with van der Waals surface area (Å²) in [5.41, 5.74) is 2.01. The zero-order valence-corrected chi connectivity index (χ0v) is 15.2. The number of rotatable bonds is 2. The molecule has 0 saturated carbocycles. The number of fused-ring (bicyclic) bond motifs is 2. The maximum Gasteiger partial charge on any atom is 0.256 e. The molecule has 0 spiro atoms. The molecule has 0 aromatic heterocycles. The van der Waals surface area contributed by atoms with Crippen LogP contribution in [-0.4, -0.2) is 59.7 Å². The van der Waals surface area contributed by atoms with Crippen molar-refractivity contribution >= 4 is 23.4 Å². The summed E-state index contributed by atoms with van der Waals surface area (Å²) in [4.78, 5) is 44.2. The zero-order chi connectivity index (χ0) is 18.3. The van der Waals surface area contributed by atoms with Gasteiger partial charge in [-0.2, -0.15) is 0 Å². The topological polar surface area (TPSA) is 60.9 Å². The molecule has 4 rings (SSSR count). The van der Waals surface area contributed by atoms with Gasteiger partial charge in [-0.25, -0.2) is 0 Å². The number of hydrogen-bond acceptors (Lipinski definition) is 3. The van der Waals surface area contributed by atoms with Crippen molar-refractivity contribution in [2.45, 2.75) is 45.1 Å². The predicted molar refractivity (Wildman–Crippen MR) is 98.0 cm³/mol. The van der Waals surface area contributed by atoms with E-state index in [9.17, 15) is 14.4 Å². The number of piperidine rings is 1. The summed E-state index contributed by atoms with van der Waals surface area (Å²) in [6, 6.07) is 5.08. The highest BCUT2D eigenvalue weighted by atomic mass is 16.2. The van der Waals surface area contributed by atoms with Gasteiger partial charge in [0.05, 0.1) is 11.3 Å². The van der Waals surface area contributed by atoms with E-state index in [2.05, 4.69) is 0 Å². The fraction of sp³-hybridized carbons (Fsp3) is 0.550. The Morgan fingerprint density at radius 2 is 1.85 bits per heavy atom. The number of anilines is 1. The molecule has 26 heavy (non-hydrogen) atoms. The molecule has 3 amide bonds. The molecule has 3 heterocycles. The third kappa shape index (κ3) is 2.77. The molecule has 0 bridgehead atoms. The van der Waals surface area contributed by atoms with E-state index >= 15 is 0 Å². The molecular formula is C20H25N3O3. The number of carbonyl (C=O) groups is 3. The minimum Gasteiger partial charge on any atom is -0.341 e. The Morgan fingerprint density at radius 1 is 1.08 bits per heavy atom. The predicted octanol–water partition coefficient (Wildman–Crippen LogP) is 1.96. The van der Waals surface area contributed by atoms with Crippen molar-refractivity contribution in [1.29, 1.82) is 0 Å². The molecule has 0 aliphatic carbocycles. The molecular weight excluding hydrogens is 330 g/mol. The standard InChI is InChI=1S/C20H25N3O3/c1-14-7-5-8-15-18(14)23(13-17(24)21-10-3-2-4-11-21)20(26)16-9-6-12-22(16)19(15)25/h5,7-8,16H,2-4,6,9-13H2,1H3. The minimum atomic E-state index is -0.441. The summed E-state index contributed by atoms with van der Waals surface area (Å²) in [5, 5.41) is 0. The van der Waals surface area contributed by atoms with Gasteiger partial charge in [0.1, 0.15) is 12.6 Å². The van der Waals surface area contributed by atoms with E-state index in [0.29, 0.717) is 24.2 Å². The summed E-state index contributed by atoms with van der Waals surface area (Å²) < 4.78 is 0. The van der Waals surface area contributed by atoms with E-state index in [1.807, 2.05) is 24.0 Å². The normalized spacial score (nSPS) is 23.0. The number of para-hydroxylation sites is 1. The molecule has 6 heteroatoms. The van der Waals surface area contributed by atoms with Crippen molar-refractivity contribution in [3.8, 4) is 0 Å². The van der Waals surface area contributed by atoms with Gasteiger partial charge in [-0.3, -0.25) is 14.4 Å². The Hall–Kier alpha value is -2.37. The van der Waals surface area contributed by atoms with Crippen molar-refractivity contribution in [3.63, 3.8) is 0 Å². The van der Waals surface area contributed by atoms with Crippen molar-refractivity contribution in [1.82, 2.24) is 9.80 Å². The molecule has 1 aromatic carbocycles. The van der Waals surface area contributed by atoms with Crippen LogP contribution in [0.4, 0.5) is 5.69 Å². The Bertz CT molecular complexity index is 755. The number of benzene rings is 1. The lowest BCUT2D eigenvalue weighted by Gasteiger charge is -2.31. The average molecular weight is 355 g/mol. The van der Waals surface area contributed by atoms with Gasteiger partial charge in [-0.15, -0.1) is 0 Å². The second kappa shape index (κ2) is 6.74. The maximum atomic E-state index is 13.3. The van der Waals surface area contributed by atoms with Gasteiger partial charge in [0.2, 0.25) is 11.8 Å². The average Bonchev–Trinajstić information content (AvgIpc) is 3.13. The lowest BCUT2D eigenvalue weighted by Crippen LogP contribution is -2.49. The Labute approximate surface area is 153 Å². The van der Waals surface area contributed by atoms with Crippen molar-refractivity contribution in [3.05, 3.63) is 29.3 Å². The smallest absolute Gasteiger partial charge is 0.256 e. The molecule has 138 valence electrons. The summed E-state index contributed by atoms with van der Waals surface area (Å²) in [5.74, 6) is -0.229. The van der Waals surface area contributed by atoms with Crippen LogP contribution in [0.15, 0.2) is 18.2 Å². The van der Waals surface area contributed by atoms with E-state index in [-0.39, 0.29) is 24.3 Å². The quantitative estimate of drug-likeness (QED) is 0.815. The van der Waals surface area contributed by atoms with E-state index in [1.165, 1.54) is 0 Å². The third-order valence-electron chi connectivity index (χ3n) is 5.80. The molecule has 2 saturated heterocycles. The van der Waals surface area contributed by atoms with E-state index in [4.69, 9.17) is 0 Å². The minimum absolute atomic E-state index is 0.0221. The highest BCUT2D eigenvalue weighted by molar-refractivity contribution is 6.13. The molecule has 3 aliphatic heterocycles. The van der Waals surface area contributed by atoms with Gasteiger partial charge in [-0.05, 0) is 50.7 Å². The molecule has 1 unspecified atom stereocenters. The zero-order valence-electron chi connectivity index (χ0n) is 15.2. The molecule has 1 aromatic rings. The fourth-order valence-electron chi connectivity index (χ4n) is 4.44. The van der Waals surface area contributed by atoms with E-state index in [0.717, 1.165) is 44.3 Å². The van der Waals surface area contributed by atoms with Crippen LogP contribution < -0.4 is 4.90 Å². The number of hydrogen-bond donors (Lipinski definition) is 0. The van der Waals surface area contributed by atoms with Gasteiger partial charge < -0.3 is 14.7 Å². The van der Waals surface area contributed by atoms with Gasteiger partial charge in [0.15, 0.2) is 0 Å². The highest BCUT2D eigenvalue weighted by Gasteiger charge is 2.43. The summed E-state index contributed by atoms with van der Waals surface area (Å²) in [6.07, 6.45) is 4.69. The summed E-state index contributed by atoms with van der Waals surface area (Å²) >= 11 is 0. The fourth-order valence-corrected chi connectivity index (χ4v) is 4.44. The van der Waals surface area contributed by atoms with Crippen LogP contribution in [0, 0.1) is 6.92 Å². The molecule has 1 atom stereocenters. The van der Waals surface area contributed by atoms with Crippen LogP contribution in [0.3, 0.4) is 0 Å². The number of carbonyl (C=O) groups excluding carboxylic acids is 3. The van der Waals surface area contributed by atoms with E-state index in [1.54, 1.807) is 15.9 Å². The van der Waals surface area contributed by atoms with Crippen molar-refractivity contribution in [2.75, 3.05) is 31.1 Å². The second-order valence-corrected chi connectivity index (χ2v) is 7.49. The molecule has 2 fully saturated rings. The van der Waals surface area contributed by atoms with Crippen LogP contribution in [-0.2, 0) is 9.59 Å². The van der Waals surface area contributed by atoms with Crippen LogP contribution in [0.2, 0.25) is 0 Å². The Kier molecular flexibility index (Phi) is 4.42. The lowest BCUT2D eigenvalue weighted by molar-refractivity contribution is -0.132. The summed E-state index contributed by atoms with van der Waals surface area (Å²) in [7, 11) is 0.